The smallest absolute Gasteiger partial charge is 0.325 e. The van der Waals surface area contributed by atoms with E-state index in [0.717, 1.165) is 0 Å². The Bertz CT molecular complexity index is 475. The third-order valence-corrected chi connectivity index (χ3v) is 2.26. The molecule has 1 atom stereocenters. The molecule has 1 rings (SSSR count). The summed E-state index contributed by atoms with van der Waals surface area (Å²) in [5.41, 5.74) is 0.310. The lowest BCUT2D eigenvalue weighted by Crippen LogP contribution is -2.47. The molecule has 0 radical (unpaired) electrons. The van der Waals surface area contributed by atoms with Crippen molar-refractivity contribution in [2.24, 2.45) is 0 Å². The Kier molecular flexibility index (Phi) is 6.18. The van der Waals surface area contributed by atoms with Gasteiger partial charge in [-0.2, -0.15) is 0 Å². The van der Waals surface area contributed by atoms with E-state index in [0.29, 0.717) is 5.56 Å². The normalized spacial score (nSPS) is 11.3. The lowest BCUT2D eigenvalue weighted by atomic mass is 10.2. The minimum Gasteiger partial charge on any atom is -0.465 e. The molecule has 0 aromatic heterocycles. The maximum Gasteiger partial charge on any atom is 0.325 e. The van der Waals surface area contributed by atoms with Gasteiger partial charge < -0.3 is 20.5 Å². The summed E-state index contributed by atoms with van der Waals surface area (Å²) >= 11 is 0. The fourth-order valence-corrected chi connectivity index (χ4v) is 1.33. The van der Waals surface area contributed by atoms with Crippen LogP contribution in [0.15, 0.2) is 30.3 Å². The van der Waals surface area contributed by atoms with Crippen LogP contribution in [0.1, 0.15) is 17.3 Å². The van der Waals surface area contributed by atoms with Crippen molar-refractivity contribution >= 4 is 17.8 Å². The van der Waals surface area contributed by atoms with E-state index < -0.39 is 24.0 Å². The summed E-state index contributed by atoms with van der Waals surface area (Å²) in [4.78, 5) is 34.1. The number of ether oxygens (including phenoxy) is 1. The summed E-state index contributed by atoms with van der Waals surface area (Å²) in [6, 6.07) is 8.13. The highest BCUT2D eigenvalue weighted by molar-refractivity contribution is 5.97. The molecule has 108 valence electrons. The van der Waals surface area contributed by atoms with E-state index in [2.05, 4.69) is 15.4 Å². The second-order valence-electron chi connectivity index (χ2n) is 3.76. The zero-order valence-corrected chi connectivity index (χ0v) is 11.0. The molecular formula is C13H16N2O5. The summed E-state index contributed by atoms with van der Waals surface area (Å²) < 4.78 is 4.60. The number of carbonyl (C=O) groups excluding carboxylic acids is 3. The Balaban J connectivity index is 2.42. The molecule has 0 fully saturated rings. The van der Waals surface area contributed by atoms with Gasteiger partial charge in [0.25, 0.3) is 11.8 Å². The molecule has 0 saturated carbocycles. The Morgan fingerprint density at radius 3 is 2.50 bits per heavy atom. The molecule has 0 heterocycles. The molecule has 2 amide bonds. The summed E-state index contributed by atoms with van der Waals surface area (Å²) in [5.74, 6) is -2.10. The lowest BCUT2D eigenvalue weighted by Gasteiger charge is -2.12. The Labute approximate surface area is 115 Å². The molecule has 1 aromatic rings. The lowest BCUT2D eigenvalue weighted by molar-refractivity contribution is -0.144. The van der Waals surface area contributed by atoms with E-state index in [1.807, 2.05) is 0 Å². The maximum atomic E-state index is 11.7. The Morgan fingerprint density at radius 1 is 1.25 bits per heavy atom. The standard InChI is InChI=1S/C13H16N2O5/c1-2-20-10(16)8-14-12(18)13(19)15-11(17)9-6-4-3-5-7-9/h3-7,13,19H,2,8H2,1H3,(H,14,18)(H,15,17). The second kappa shape index (κ2) is 7.90. The number of hydrogen-bond donors (Lipinski definition) is 3. The molecule has 7 heteroatoms. The average molecular weight is 280 g/mol. The highest BCUT2D eigenvalue weighted by Gasteiger charge is 2.18. The topological polar surface area (TPSA) is 105 Å². The SMILES string of the molecule is CCOC(=O)CNC(=O)C(O)NC(=O)c1ccccc1. The van der Waals surface area contributed by atoms with Gasteiger partial charge in [-0.1, -0.05) is 18.2 Å². The zero-order chi connectivity index (χ0) is 15.0. The molecule has 1 aromatic carbocycles. The van der Waals surface area contributed by atoms with Crippen molar-refractivity contribution in [3.05, 3.63) is 35.9 Å². The van der Waals surface area contributed by atoms with Gasteiger partial charge >= 0.3 is 5.97 Å². The first kappa shape index (κ1) is 15.6. The van der Waals surface area contributed by atoms with Crippen molar-refractivity contribution in [3.63, 3.8) is 0 Å². The number of aliphatic hydroxyl groups is 1. The minimum absolute atomic E-state index is 0.196. The predicted molar refractivity (Wildman–Crippen MR) is 69.6 cm³/mol. The van der Waals surface area contributed by atoms with Crippen molar-refractivity contribution in [3.8, 4) is 0 Å². The van der Waals surface area contributed by atoms with Crippen molar-refractivity contribution in [2.45, 2.75) is 13.2 Å². The third-order valence-electron chi connectivity index (χ3n) is 2.26. The summed E-state index contributed by atoms with van der Waals surface area (Å²) in [6.07, 6.45) is -1.74. The average Bonchev–Trinajstić information content (AvgIpc) is 2.45. The highest BCUT2D eigenvalue weighted by atomic mass is 16.5. The van der Waals surface area contributed by atoms with Gasteiger partial charge in [0.05, 0.1) is 6.61 Å². The van der Waals surface area contributed by atoms with Crippen LogP contribution in [0.2, 0.25) is 0 Å². The molecule has 0 aliphatic carbocycles. The first-order valence-corrected chi connectivity index (χ1v) is 6.02. The minimum atomic E-state index is -1.74. The first-order chi connectivity index (χ1) is 9.54. The van der Waals surface area contributed by atoms with Gasteiger partial charge in [-0.3, -0.25) is 14.4 Å². The van der Waals surface area contributed by atoms with Crippen LogP contribution in [0.3, 0.4) is 0 Å². The van der Waals surface area contributed by atoms with E-state index in [4.69, 9.17) is 0 Å². The fraction of sp³-hybridized carbons (Fsp3) is 0.308. The van der Waals surface area contributed by atoms with E-state index in [1.165, 1.54) is 0 Å². The fourth-order valence-electron chi connectivity index (χ4n) is 1.33. The predicted octanol–water partition coefficient (Wildman–Crippen LogP) is -0.586. The van der Waals surface area contributed by atoms with Gasteiger partial charge in [-0.25, -0.2) is 0 Å². The molecule has 20 heavy (non-hydrogen) atoms. The van der Waals surface area contributed by atoms with Crippen LogP contribution in [0, 0.1) is 0 Å². The summed E-state index contributed by atoms with van der Waals surface area (Å²) in [6.45, 7) is 1.46. The molecule has 0 aliphatic heterocycles. The van der Waals surface area contributed by atoms with E-state index in [9.17, 15) is 19.5 Å². The van der Waals surface area contributed by atoms with Crippen LogP contribution in [0.25, 0.3) is 0 Å². The monoisotopic (exact) mass is 280 g/mol. The number of amides is 2. The van der Waals surface area contributed by atoms with Crippen molar-refractivity contribution in [1.29, 1.82) is 0 Å². The molecule has 0 bridgehead atoms. The van der Waals surface area contributed by atoms with Crippen LogP contribution < -0.4 is 10.6 Å². The molecule has 0 spiro atoms. The zero-order valence-electron chi connectivity index (χ0n) is 11.0. The number of carbonyl (C=O) groups is 3. The van der Waals surface area contributed by atoms with Crippen molar-refractivity contribution in [1.82, 2.24) is 10.6 Å². The molecule has 0 aliphatic rings. The maximum absolute atomic E-state index is 11.7. The summed E-state index contributed by atoms with van der Waals surface area (Å²) in [7, 11) is 0. The first-order valence-electron chi connectivity index (χ1n) is 6.02. The number of hydrogen-bond acceptors (Lipinski definition) is 5. The van der Waals surface area contributed by atoms with Crippen LogP contribution in [-0.2, 0) is 14.3 Å². The molecule has 7 nitrogen and oxygen atoms in total. The van der Waals surface area contributed by atoms with Crippen molar-refractivity contribution < 1.29 is 24.2 Å². The third kappa shape index (κ3) is 5.07. The molecule has 1 unspecified atom stereocenters. The Hall–Kier alpha value is -2.41. The van der Waals surface area contributed by atoms with Crippen LogP contribution in [0.5, 0.6) is 0 Å². The quantitative estimate of drug-likeness (QED) is 0.477. The number of aliphatic hydroxyl groups excluding tert-OH is 1. The second-order valence-corrected chi connectivity index (χ2v) is 3.76. The Morgan fingerprint density at radius 2 is 1.90 bits per heavy atom. The number of benzene rings is 1. The number of esters is 1. The van der Waals surface area contributed by atoms with Gasteiger partial charge in [-0.05, 0) is 19.1 Å². The van der Waals surface area contributed by atoms with Crippen LogP contribution in [-0.4, -0.2) is 42.3 Å². The van der Waals surface area contributed by atoms with Gasteiger partial charge in [0.2, 0.25) is 6.23 Å². The highest BCUT2D eigenvalue weighted by Crippen LogP contribution is 1.98. The molecule has 3 N–H and O–H groups in total. The summed E-state index contributed by atoms with van der Waals surface area (Å²) in [5, 5.41) is 13.7. The molecular weight excluding hydrogens is 264 g/mol. The van der Waals surface area contributed by atoms with Crippen LogP contribution in [0.4, 0.5) is 0 Å². The van der Waals surface area contributed by atoms with Gasteiger partial charge in [-0.15, -0.1) is 0 Å². The van der Waals surface area contributed by atoms with Gasteiger partial charge in [0.1, 0.15) is 6.54 Å². The molecule has 0 saturated heterocycles. The van der Waals surface area contributed by atoms with E-state index in [-0.39, 0.29) is 13.2 Å². The van der Waals surface area contributed by atoms with Crippen molar-refractivity contribution in [2.75, 3.05) is 13.2 Å². The van der Waals surface area contributed by atoms with E-state index >= 15 is 0 Å². The van der Waals surface area contributed by atoms with Gasteiger partial charge in [0.15, 0.2) is 0 Å². The largest absolute Gasteiger partial charge is 0.465 e. The number of nitrogens with one attached hydrogen (secondary N) is 2. The van der Waals surface area contributed by atoms with E-state index in [1.54, 1.807) is 37.3 Å². The number of rotatable bonds is 6. The van der Waals surface area contributed by atoms with Gasteiger partial charge in [0, 0.05) is 5.56 Å². The van der Waals surface area contributed by atoms with Crippen LogP contribution >= 0.6 is 0 Å².